The SMILES string of the molecule is Cc1cc(N2CCN(Cc3cn(C)nc3C)CC2)cc([C@H]2CCNC2)n1. The van der Waals surface area contributed by atoms with Crippen LogP contribution in [0.1, 0.15) is 35.0 Å². The number of hydrogen-bond acceptors (Lipinski definition) is 5. The van der Waals surface area contributed by atoms with E-state index >= 15 is 0 Å². The average Bonchev–Trinajstić information content (AvgIpc) is 3.25. The topological polar surface area (TPSA) is 49.2 Å². The molecule has 0 spiro atoms. The first kappa shape index (κ1) is 17.5. The number of rotatable bonds is 4. The van der Waals surface area contributed by atoms with Gasteiger partial charge in [0.2, 0.25) is 0 Å². The number of pyridine rings is 1. The van der Waals surface area contributed by atoms with Crippen molar-refractivity contribution in [2.75, 3.05) is 44.2 Å². The lowest BCUT2D eigenvalue weighted by Gasteiger charge is -2.36. The summed E-state index contributed by atoms with van der Waals surface area (Å²) in [6.45, 7) is 11.7. The lowest BCUT2D eigenvalue weighted by atomic mass is 10.0. The smallest absolute Gasteiger partial charge is 0.0638 e. The van der Waals surface area contributed by atoms with Gasteiger partial charge >= 0.3 is 0 Å². The van der Waals surface area contributed by atoms with E-state index < -0.39 is 0 Å². The molecule has 0 unspecified atom stereocenters. The quantitative estimate of drug-likeness (QED) is 0.908. The maximum absolute atomic E-state index is 4.81. The van der Waals surface area contributed by atoms with Crippen molar-refractivity contribution in [2.45, 2.75) is 32.7 Å². The van der Waals surface area contributed by atoms with Crippen LogP contribution < -0.4 is 10.2 Å². The Kier molecular flexibility index (Phi) is 4.96. The van der Waals surface area contributed by atoms with Gasteiger partial charge in [-0.15, -0.1) is 0 Å². The molecule has 0 aromatic carbocycles. The van der Waals surface area contributed by atoms with Crippen LogP contribution in [0.4, 0.5) is 5.69 Å². The molecule has 2 fully saturated rings. The molecule has 6 heteroatoms. The van der Waals surface area contributed by atoms with Gasteiger partial charge in [0.1, 0.15) is 0 Å². The molecule has 4 rings (SSSR count). The molecule has 0 aliphatic carbocycles. The van der Waals surface area contributed by atoms with Gasteiger partial charge in [0.05, 0.1) is 5.69 Å². The summed E-state index contributed by atoms with van der Waals surface area (Å²) in [5, 5.41) is 7.92. The van der Waals surface area contributed by atoms with Gasteiger partial charge in [-0.1, -0.05) is 0 Å². The molecule has 2 aliphatic heterocycles. The van der Waals surface area contributed by atoms with Crippen LogP contribution in [0.25, 0.3) is 0 Å². The molecule has 4 heterocycles. The van der Waals surface area contributed by atoms with E-state index in [-0.39, 0.29) is 0 Å². The second kappa shape index (κ2) is 7.37. The zero-order valence-electron chi connectivity index (χ0n) is 16.2. The summed E-state index contributed by atoms with van der Waals surface area (Å²) < 4.78 is 1.92. The first-order chi connectivity index (χ1) is 12.6. The predicted octanol–water partition coefficient (Wildman–Crippen LogP) is 1.83. The highest BCUT2D eigenvalue weighted by Gasteiger charge is 2.22. The molecule has 2 aliphatic rings. The fourth-order valence-corrected chi connectivity index (χ4v) is 4.18. The largest absolute Gasteiger partial charge is 0.369 e. The van der Waals surface area contributed by atoms with Crippen LogP contribution in [0.2, 0.25) is 0 Å². The van der Waals surface area contributed by atoms with Gasteiger partial charge in [0.25, 0.3) is 0 Å². The molecule has 0 radical (unpaired) electrons. The zero-order chi connectivity index (χ0) is 18.1. The Balaban J connectivity index is 1.40. The van der Waals surface area contributed by atoms with E-state index in [1.54, 1.807) is 0 Å². The van der Waals surface area contributed by atoms with Gasteiger partial charge in [-0.05, 0) is 38.9 Å². The molecule has 2 aromatic heterocycles. The molecule has 26 heavy (non-hydrogen) atoms. The number of aryl methyl sites for hydroxylation is 3. The maximum Gasteiger partial charge on any atom is 0.0638 e. The van der Waals surface area contributed by atoms with E-state index in [1.807, 2.05) is 11.7 Å². The normalized spacial score (nSPS) is 21.5. The highest BCUT2D eigenvalue weighted by Crippen LogP contribution is 2.26. The van der Waals surface area contributed by atoms with Gasteiger partial charge in [-0.25, -0.2) is 0 Å². The molecule has 0 amide bonds. The molecule has 140 valence electrons. The highest BCUT2D eigenvalue weighted by molar-refractivity contribution is 5.49. The van der Waals surface area contributed by atoms with Crippen molar-refractivity contribution in [2.24, 2.45) is 7.05 Å². The monoisotopic (exact) mass is 354 g/mol. The van der Waals surface area contributed by atoms with E-state index in [0.29, 0.717) is 5.92 Å². The van der Waals surface area contributed by atoms with Gasteiger partial charge < -0.3 is 10.2 Å². The Labute approximate surface area is 156 Å². The maximum atomic E-state index is 4.81. The minimum absolute atomic E-state index is 0.573. The van der Waals surface area contributed by atoms with E-state index in [2.05, 4.69) is 52.4 Å². The van der Waals surface area contributed by atoms with Crippen LogP contribution in [0.15, 0.2) is 18.3 Å². The molecule has 2 aromatic rings. The van der Waals surface area contributed by atoms with Crippen molar-refractivity contribution < 1.29 is 0 Å². The minimum Gasteiger partial charge on any atom is -0.369 e. The average molecular weight is 355 g/mol. The third kappa shape index (κ3) is 3.76. The Morgan fingerprint density at radius 3 is 2.62 bits per heavy atom. The molecular weight excluding hydrogens is 324 g/mol. The number of piperazine rings is 1. The van der Waals surface area contributed by atoms with Gasteiger partial charge in [-0.2, -0.15) is 5.10 Å². The fourth-order valence-electron chi connectivity index (χ4n) is 4.18. The highest BCUT2D eigenvalue weighted by atomic mass is 15.3. The number of anilines is 1. The Bertz CT molecular complexity index is 754. The van der Waals surface area contributed by atoms with E-state index in [0.717, 1.165) is 57.2 Å². The first-order valence-electron chi connectivity index (χ1n) is 9.74. The van der Waals surface area contributed by atoms with Crippen LogP contribution in [-0.2, 0) is 13.6 Å². The van der Waals surface area contributed by atoms with Crippen LogP contribution in [-0.4, -0.2) is 58.9 Å². The van der Waals surface area contributed by atoms with Crippen molar-refractivity contribution in [3.05, 3.63) is 41.0 Å². The minimum atomic E-state index is 0.573. The third-order valence-electron chi connectivity index (χ3n) is 5.68. The molecular formula is C20H30N6. The summed E-state index contributed by atoms with van der Waals surface area (Å²) in [5.41, 5.74) is 6.24. The number of hydrogen-bond donors (Lipinski definition) is 1. The third-order valence-corrected chi connectivity index (χ3v) is 5.68. The number of nitrogens with one attached hydrogen (secondary N) is 1. The molecule has 0 bridgehead atoms. The summed E-state index contributed by atoms with van der Waals surface area (Å²) >= 11 is 0. The standard InChI is InChI=1S/C20H30N6/c1-15-10-19(11-20(22-15)17-4-5-21-12-17)26-8-6-25(7-9-26)14-18-13-24(3)23-16(18)2/h10-11,13,17,21H,4-9,12,14H2,1-3H3/t17-/m0/s1. The predicted molar refractivity (Wildman–Crippen MR) is 105 cm³/mol. The molecule has 6 nitrogen and oxygen atoms in total. The van der Waals surface area contributed by atoms with Crippen molar-refractivity contribution in [1.82, 2.24) is 25.0 Å². The Morgan fingerprint density at radius 1 is 1.15 bits per heavy atom. The van der Waals surface area contributed by atoms with Gasteiger partial charge in [-0.3, -0.25) is 14.6 Å². The summed E-state index contributed by atoms with van der Waals surface area (Å²) in [6, 6.07) is 4.57. The van der Waals surface area contributed by atoms with E-state index in [4.69, 9.17) is 4.98 Å². The molecule has 1 atom stereocenters. The van der Waals surface area contributed by atoms with E-state index in [9.17, 15) is 0 Å². The lowest BCUT2D eigenvalue weighted by Crippen LogP contribution is -2.46. The van der Waals surface area contributed by atoms with Crippen molar-refractivity contribution >= 4 is 5.69 Å². The second-order valence-electron chi connectivity index (χ2n) is 7.76. The molecule has 2 saturated heterocycles. The number of nitrogens with zero attached hydrogens (tertiary/aromatic N) is 5. The summed E-state index contributed by atoms with van der Waals surface area (Å²) in [5.74, 6) is 0.573. The van der Waals surface area contributed by atoms with Gasteiger partial charge in [0, 0.05) is 81.1 Å². The van der Waals surface area contributed by atoms with Crippen molar-refractivity contribution in [1.29, 1.82) is 0 Å². The summed E-state index contributed by atoms with van der Waals surface area (Å²) in [4.78, 5) is 9.87. The second-order valence-corrected chi connectivity index (χ2v) is 7.76. The summed E-state index contributed by atoms with van der Waals surface area (Å²) in [7, 11) is 2.00. The van der Waals surface area contributed by atoms with Crippen LogP contribution in [0, 0.1) is 13.8 Å². The van der Waals surface area contributed by atoms with Gasteiger partial charge in [0.15, 0.2) is 0 Å². The zero-order valence-corrected chi connectivity index (χ0v) is 16.2. The molecule has 0 saturated carbocycles. The lowest BCUT2D eigenvalue weighted by molar-refractivity contribution is 0.249. The van der Waals surface area contributed by atoms with Crippen molar-refractivity contribution in [3.8, 4) is 0 Å². The molecule has 1 N–H and O–H groups in total. The number of aromatic nitrogens is 3. The fraction of sp³-hybridized carbons (Fsp3) is 0.600. The van der Waals surface area contributed by atoms with E-state index in [1.165, 1.54) is 23.4 Å². The first-order valence-corrected chi connectivity index (χ1v) is 9.74. The van der Waals surface area contributed by atoms with Crippen molar-refractivity contribution in [3.63, 3.8) is 0 Å². The van der Waals surface area contributed by atoms with Crippen LogP contribution in [0.5, 0.6) is 0 Å². The Morgan fingerprint density at radius 2 is 1.96 bits per heavy atom. The summed E-state index contributed by atoms with van der Waals surface area (Å²) in [6.07, 6.45) is 3.35. The van der Waals surface area contributed by atoms with Crippen LogP contribution in [0.3, 0.4) is 0 Å². The van der Waals surface area contributed by atoms with Crippen LogP contribution >= 0.6 is 0 Å². The Hall–Kier alpha value is -1.92.